The van der Waals surface area contributed by atoms with Crippen LogP contribution in [-0.4, -0.2) is 37.0 Å². The van der Waals surface area contributed by atoms with Crippen LogP contribution in [0.25, 0.3) is 10.9 Å². The Morgan fingerprint density at radius 1 is 1.20 bits per heavy atom. The third-order valence-corrected chi connectivity index (χ3v) is 6.46. The summed E-state index contributed by atoms with van der Waals surface area (Å²) < 4.78 is 50.9. The van der Waals surface area contributed by atoms with Crippen molar-refractivity contribution < 1.29 is 22.6 Å². The van der Waals surface area contributed by atoms with Crippen LogP contribution >= 0.6 is 0 Å². The van der Waals surface area contributed by atoms with Crippen molar-refractivity contribution in [3.8, 4) is 5.75 Å². The molecule has 10 heteroatoms. The van der Waals surface area contributed by atoms with E-state index in [1.807, 2.05) is 0 Å². The molecule has 0 radical (unpaired) electrons. The summed E-state index contributed by atoms with van der Waals surface area (Å²) in [7, 11) is -0.114. The zero-order chi connectivity index (χ0) is 22.1. The number of benzene rings is 1. The highest BCUT2D eigenvalue weighted by Crippen LogP contribution is 2.38. The minimum absolute atomic E-state index is 0.0375. The number of nitrogens with zero attached hydrogens (tertiary/aromatic N) is 1. The summed E-state index contributed by atoms with van der Waals surface area (Å²) in [5.74, 6) is 0.0375. The Balaban J connectivity index is 2.11. The Labute approximate surface area is 172 Å². The van der Waals surface area contributed by atoms with Crippen LogP contribution in [0.4, 0.5) is 13.2 Å². The normalized spacial score (nSPS) is 13.6. The summed E-state index contributed by atoms with van der Waals surface area (Å²) >= 11 is 0. The van der Waals surface area contributed by atoms with Gasteiger partial charge in [-0.05, 0) is 24.2 Å². The van der Waals surface area contributed by atoms with E-state index in [9.17, 15) is 18.0 Å². The maximum absolute atomic E-state index is 13.2. The first kappa shape index (κ1) is 22.1. The second kappa shape index (κ2) is 8.27. The van der Waals surface area contributed by atoms with Gasteiger partial charge in [0, 0.05) is 26.4 Å². The predicted octanol–water partition coefficient (Wildman–Crippen LogP) is 4.72. The average Bonchev–Trinajstić information content (AvgIpc) is 3.15. The molecule has 1 aromatic carbocycles. The average molecular weight is 440 g/mol. The van der Waals surface area contributed by atoms with E-state index in [2.05, 4.69) is 34.8 Å². The van der Waals surface area contributed by atoms with Crippen LogP contribution in [0.3, 0.4) is 0 Å². The quantitative estimate of drug-likeness (QED) is 0.522. The molecule has 0 aliphatic rings. The second-order valence-corrected chi connectivity index (χ2v) is 13.8. The number of hydrogen-bond acceptors (Lipinski definition) is 4. The number of fused-ring (bicyclic) bond motifs is 1. The lowest BCUT2D eigenvalue weighted by Gasteiger charge is -2.23. The van der Waals surface area contributed by atoms with Gasteiger partial charge in [0.05, 0.1) is 23.6 Å². The van der Waals surface area contributed by atoms with E-state index in [-0.39, 0.29) is 11.3 Å². The Hall–Kier alpha value is -2.59. The number of nitrogens with one attached hydrogen (secondary N) is 2. The van der Waals surface area contributed by atoms with Gasteiger partial charge in [0.15, 0.2) is 0 Å². The van der Waals surface area contributed by atoms with Gasteiger partial charge in [-0.15, -0.1) is 0 Å². The lowest BCUT2D eigenvalue weighted by molar-refractivity contribution is -0.137. The van der Waals surface area contributed by atoms with Crippen LogP contribution in [0, 0.1) is 0 Å². The predicted molar refractivity (Wildman–Crippen MR) is 111 cm³/mol. The Kier molecular flexibility index (Phi) is 6.09. The zero-order valence-corrected chi connectivity index (χ0v) is 18.2. The first-order valence-electron chi connectivity index (χ1n) is 9.43. The van der Waals surface area contributed by atoms with Gasteiger partial charge in [-0.25, -0.2) is 5.10 Å². The molecule has 2 N–H and O–H groups in total. The molecule has 162 valence electrons. The molecule has 0 amide bonds. The van der Waals surface area contributed by atoms with E-state index in [4.69, 9.17) is 9.47 Å². The van der Waals surface area contributed by atoms with Crippen LogP contribution in [-0.2, 0) is 10.9 Å². The van der Waals surface area contributed by atoms with E-state index in [0.717, 1.165) is 18.2 Å². The molecule has 0 spiro atoms. The molecule has 0 saturated carbocycles. The molecular weight excluding hydrogens is 415 g/mol. The topological polar surface area (TPSA) is 80.0 Å². The van der Waals surface area contributed by atoms with Crippen LogP contribution < -0.4 is 10.3 Å². The molecule has 3 rings (SSSR count). The number of aromatic nitrogens is 3. The summed E-state index contributed by atoms with van der Waals surface area (Å²) in [6, 6.07) is 5.74. The lowest BCUT2D eigenvalue weighted by atomic mass is 10.0. The highest BCUT2D eigenvalue weighted by atomic mass is 28.3. The molecule has 0 fully saturated rings. The molecule has 1 unspecified atom stereocenters. The molecule has 6 nitrogen and oxygen atoms in total. The minimum atomic E-state index is -4.50. The maximum Gasteiger partial charge on any atom is 0.416 e. The minimum Gasteiger partial charge on any atom is -0.496 e. The van der Waals surface area contributed by atoms with E-state index < -0.39 is 25.9 Å². The Morgan fingerprint density at radius 3 is 2.57 bits per heavy atom. The lowest BCUT2D eigenvalue weighted by Crippen LogP contribution is -2.23. The van der Waals surface area contributed by atoms with Gasteiger partial charge in [0.25, 0.3) is 5.56 Å². The van der Waals surface area contributed by atoms with Crippen LogP contribution in [0.15, 0.2) is 35.3 Å². The summed E-state index contributed by atoms with van der Waals surface area (Å²) in [6.07, 6.45) is -3.71. The van der Waals surface area contributed by atoms with Crippen molar-refractivity contribution in [2.75, 3.05) is 13.7 Å². The SMILES string of the molecule is COc1cc(C(F)(F)F)ccc1C(OCC[Si](C)(C)C)c1n[nH]c(=O)c2cc[nH]c12. The fraction of sp³-hybridized carbons (Fsp3) is 0.400. The van der Waals surface area contributed by atoms with E-state index in [0.29, 0.717) is 28.8 Å². The molecule has 0 aliphatic carbocycles. The number of alkyl halides is 3. The Bertz CT molecular complexity index is 1090. The third-order valence-electron chi connectivity index (χ3n) is 4.75. The summed E-state index contributed by atoms with van der Waals surface area (Å²) in [4.78, 5) is 15.0. The summed E-state index contributed by atoms with van der Waals surface area (Å²) in [5, 5.41) is 6.99. The molecule has 0 saturated heterocycles. The van der Waals surface area contributed by atoms with Gasteiger partial charge in [-0.2, -0.15) is 18.3 Å². The van der Waals surface area contributed by atoms with Crippen LogP contribution in [0.2, 0.25) is 25.7 Å². The Morgan fingerprint density at radius 2 is 1.93 bits per heavy atom. The van der Waals surface area contributed by atoms with Gasteiger partial charge in [0.1, 0.15) is 17.5 Å². The van der Waals surface area contributed by atoms with Crippen LogP contribution in [0.1, 0.15) is 22.9 Å². The molecule has 0 aliphatic heterocycles. The van der Waals surface area contributed by atoms with Crippen molar-refractivity contribution in [2.24, 2.45) is 0 Å². The number of ether oxygens (including phenoxy) is 2. The van der Waals surface area contributed by atoms with Crippen molar-refractivity contribution in [1.29, 1.82) is 0 Å². The van der Waals surface area contributed by atoms with Gasteiger partial charge in [0.2, 0.25) is 0 Å². The van der Waals surface area contributed by atoms with Gasteiger partial charge >= 0.3 is 6.18 Å². The van der Waals surface area contributed by atoms with E-state index in [1.54, 1.807) is 12.3 Å². The largest absolute Gasteiger partial charge is 0.496 e. The van der Waals surface area contributed by atoms with Crippen molar-refractivity contribution in [3.63, 3.8) is 0 Å². The molecule has 2 aromatic heterocycles. The number of hydrogen-bond donors (Lipinski definition) is 2. The van der Waals surface area contributed by atoms with Crippen molar-refractivity contribution in [2.45, 2.75) is 38.0 Å². The summed E-state index contributed by atoms with van der Waals surface area (Å²) in [6.45, 7) is 7.00. The zero-order valence-electron chi connectivity index (χ0n) is 17.2. The molecule has 3 aromatic rings. The van der Waals surface area contributed by atoms with Crippen LogP contribution in [0.5, 0.6) is 5.75 Å². The fourth-order valence-corrected chi connectivity index (χ4v) is 3.82. The number of halogens is 3. The van der Waals surface area contributed by atoms with Crippen molar-refractivity contribution >= 4 is 19.0 Å². The molecule has 1 atom stereocenters. The highest BCUT2D eigenvalue weighted by Gasteiger charge is 2.33. The maximum atomic E-state index is 13.2. The number of aromatic amines is 2. The number of rotatable bonds is 7. The first-order chi connectivity index (χ1) is 14.0. The fourth-order valence-electron chi connectivity index (χ4n) is 3.09. The van der Waals surface area contributed by atoms with E-state index >= 15 is 0 Å². The van der Waals surface area contributed by atoms with Gasteiger partial charge in [-0.1, -0.05) is 25.7 Å². The second-order valence-electron chi connectivity index (χ2n) is 8.22. The standard InChI is InChI=1S/C20H24F3N3O3Si/c1-28-15-11-12(20(21,22)23)5-6-13(15)18(29-9-10-30(2,3)4)17-16-14(7-8-24-16)19(27)26-25-17/h5-8,11,18,24H,9-10H2,1-4H3,(H,26,27). The van der Waals surface area contributed by atoms with Gasteiger partial charge < -0.3 is 14.5 Å². The molecule has 30 heavy (non-hydrogen) atoms. The molecule has 0 bridgehead atoms. The first-order valence-corrected chi connectivity index (χ1v) is 13.1. The smallest absolute Gasteiger partial charge is 0.416 e. The van der Waals surface area contributed by atoms with Crippen molar-refractivity contribution in [1.82, 2.24) is 15.2 Å². The number of H-pyrrole nitrogens is 2. The van der Waals surface area contributed by atoms with Crippen molar-refractivity contribution in [3.05, 3.63) is 57.6 Å². The van der Waals surface area contributed by atoms with E-state index in [1.165, 1.54) is 13.2 Å². The van der Waals surface area contributed by atoms with Gasteiger partial charge in [-0.3, -0.25) is 4.79 Å². The molecule has 2 heterocycles. The monoisotopic (exact) mass is 439 g/mol. The number of methoxy groups -OCH3 is 1. The third kappa shape index (κ3) is 4.76. The summed E-state index contributed by atoms with van der Waals surface area (Å²) in [5.41, 5.74) is 0.0668. The molecular formula is C20H24F3N3O3Si. The highest BCUT2D eigenvalue weighted by molar-refractivity contribution is 6.76.